The molecule has 0 radical (unpaired) electrons. The van der Waals surface area contributed by atoms with Crippen LogP contribution in [-0.4, -0.2) is 11.2 Å². The standard InChI is InChI=1S/C14H11BrN2S2/c1-18-11-5-3-10(4-6-11)16-14-17-12-8-9(15)2-7-13(12)19-14/h2-8H,1H3,(H,16,17). The van der Waals surface area contributed by atoms with Gasteiger partial charge in [0.25, 0.3) is 0 Å². The summed E-state index contributed by atoms with van der Waals surface area (Å²) in [5.74, 6) is 0. The van der Waals surface area contributed by atoms with E-state index in [1.54, 1.807) is 23.1 Å². The number of halogens is 1. The SMILES string of the molecule is CSc1ccc(Nc2nc3cc(Br)ccc3s2)cc1. The number of rotatable bonds is 3. The molecule has 19 heavy (non-hydrogen) atoms. The summed E-state index contributed by atoms with van der Waals surface area (Å²) in [5.41, 5.74) is 2.08. The predicted molar refractivity (Wildman–Crippen MR) is 88.8 cm³/mol. The maximum atomic E-state index is 4.58. The zero-order valence-corrected chi connectivity index (χ0v) is 13.4. The second kappa shape index (κ2) is 5.53. The molecule has 0 aliphatic carbocycles. The van der Waals surface area contributed by atoms with Gasteiger partial charge in [-0.3, -0.25) is 0 Å². The van der Waals surface area contributed by atoms with Gasteiger partial charge in [0.1, 0.15) is 0 Å². The highest BCUT2D eigenvalue weighted by Gasteiger charge is 2.04. The summed E-state index contributed by atoms with van der Waals surface area (Å²) in [6, 6.07) is 14.5. The molecule has 0 fully saturated rings. The second-order valence-corrected chi connectivity index (χ2v) is 6.81. The van der Waals surface area contributed by atoms with E-state index in [9.17, 15) is 0 Å². The molecule has 0 atom stereocenters. The average Bonchev–Trinajstić information content (AvgIpc) is 2.81. The maximum Gasteiger partial charge on any atom is 0.188 e. The summed E-state index contributed by atoms with van der Waals surface area (Å²) in [6.45, 7) is 0. The van der Waals surface area contributed by atoms with E-state index in [2.05, 4.69) is 62.8 Å². The predicted octanol–water partition coefficient (Wildman–Crippen LogP) is 5.52. The molecule has 1 heterocycles. The molecule has 0 spiro atoms. The van der Waals surface area contributed by atoms with Crippen molar-refractivity contribution in [3.05, 3.63) is 46.9 Å². The van der Waals surface area contributed by atoms with Crippen molar-refractivity contribution in [2.45, 2.75) is 4.90 Å². The molecule has 0 amide bonds. The molecule has 0 bridgehead atoms. The zero-order chi connectivity index (χ0) is 13.2. The van der Waals surface area contributed by atoms with Crippen molar-refractivity contribution in [3.63, 3.8) is 0 Å². The Morgan fingerprint density at radius 2 is 1.95 bits per heavy atom. The van der Waals surface area contributed by atoms with Crippen LogP contribution in [0.25, 0.3) is 10.2 Å². The number of thiazole rings is 1. The number of anilines is 2. The van der Waals surface area contributed by atoms with Gasteiger partial charge in [0.15, 0.2) is 5.13 Å². The van der Waals surface area contributed by atoms with E-state index in [4.69, 9.17) is 0 Å². The van der Waals surface area contributed by atoms with E-state index in [-0.39, 0.29) is 0 Å². The van der Waals surface area contributed by atoms with Gasteiger partial charge in [-0.2, -0.15) is 0 Å². The Hall–Kier alpha value is -1.04. The fraction of sp³-hybridized carbons (Fsp3) is 0.0714. The quantitative estimate of drug-likeness (QED) is 0.629. The van der Waals surface area contributed by atoms with Crippen LogP contribution in [0.3, 0.4) is 0 Å². The van der Waals surface area contributed by atoms with Crippen molar-refractivity contribution in [3.8, 4) is 0 Å². The molecule has 1 N–H and O–H groups in total. The van der Waals surface area contributed by atoms with Crippen LogP contribution in [0.4, 0.5) is 10.8 Å². The minimum Gasteiger partial charge on any atom is -0.332 e. The van der Waals surface area contributed by atoms with E-state index >= 15 is 0 Å². The lowest BCUT2D eigenvalue weighted by Crippen LogP contribution is -1.88. The number of nitrogens with one attached hydrogen (secondary N) is 1. The molecule has 2 aromatic carbocycles. The lowest BCUT2D eigenvalue weighted by molar-refractivity contribution is 1.41. The molecular formula is C14H11BrN2S2. The van der Waals surface area contributed by atoms with Gasteiger partial charge in [0.2, 0.25) is 0 Å². The number of hydrogen-bond acceptors (Lipinski definition) is 4. The molecule has 0 aliphatic rings. The van der Waals surface area contributed by atoms with E-state index in [0.717, 1.165) is 20.8 Å². The van der Waals surface area contributed by atoms with Gasteiger partial charge in [0.05, 0.1) is 10.2 Å². The minimum atomic E-state index is 0.921. The third-order valence-corrected chi connectivity index (χ3v) is 4.88. The molecule has 0 saturated carbocycles. The second-order valence-electron chi connectivity index (χ2n) is 3.98. The maximum absolute atomic E-state index is 4.58. The summed E-state index contributed by atoms with van der Waals surface area (Å²) in [5, 5.41) is 4.27. The molecule has 0 aliphatic heterocycles. The molecule has 5 heteroatoms. The average molecular weight is 351 g/mol. The van der Waals surface area contributed by atoms with Crippen molar-refractivity contribution in [2.75, 3.05) is 11.6 Å². The normalized spacial score (nSPS) is 10.8. The van der Waals surface area contributed by atoms with E-state index in [0.29, 0.717) is 0 Å². The Labute approximate surface area is 128 Å². The number of benzene rings is 2. The number of aromatic nitrogens is 1. The molecule has 3 aromatic rings. The Morgan fingerprint density at radius 3 is 2.68 bits per heavy atom. The van der Waals surface area contributed by atoms with Crippen molar-refractivity contribution in [2.24, 2.45) is 0 Å². The monoisotopic (exact) mass is 350 g/mol. The number of thioether (sulfide) groups is 1. The first-order valence-electron chi connectivity index (χ1n) is 5.72. The number of nitrogens with zero attached hydrogens (tertiary/aromatic N) is 1. The van der Waals surface area contributed by atoms with Gasteiger partial charge >= 0.3 is 0 Å². The summed E-state index contributed by atoms with van der Waals surface area (Å²) in [7, 11) is 0. The molecule has 2 nitrogen and oxygen atoms in total. The van der Waals surface area contributed by atoms with Gasteiger partial charge in [-0.25, -0.2) is 4.98 Å². The lowest BCUT2D eigenvalue weighted by atomic mass is 10.3. The van der Waals surface area contributed by atoms with Crippen LogP contribution in [-0.2, 0) is 0 Å². The molecule has 3 rings (SSSR count). The van der Waals surface area contributed by atoms with Crippen LogP contribution in [0.15, 0.2) is 51.8 Å². The van der Waals surface area contributed by atoms with E-state index in [1.807, 2.05) is 12.1 Å². The van der Waals surface area contributed by atoms with Gasteiger partial charge < -0.3 is 5.32 Å². The fourth-order valence-electron chi connectivity index (χ4n) is 1.75. The van der Waals surface area contributed by atoms with Crippen LogP contribution >= 0.6 is 39.0 Å². The first kappa shape index (κ1) is 13.0. The van der Waals surface area contributed by atoms with E-state index < -0.39 is 0 Å². The third-order valence-electron chi connectivity index (χ3n) is 2.69. The Kier molecular flexibility index (Phi) is 3.77. The van der Waals surface area contributed by atoms with Crippen LogP contribution in [0, 0.1) is 0 Å². The molecule has 96 valence electrons. The smallest absolute Gasteiger partial charge is 0.188 e. The van der Waals surface area contributed by atoms with Gasteiger partial charge in [-0.05, 0) is 48.7 Å². The first-order valence-corrected chi connectivity index (χ1v) is 8.55. The third kappa shape index (κ3) is 2.94. The van der Waals surface area contributed by atoms with Crippen LogP contribution in [0.2, 0.25) is 0 Å². The highest BCUT2D eigenvalue weighted by Crippen LogP contribution is 2.30. The van der Waals surface area contributed by atoms with Crippen molar-refractivity contribution in [1.82, 2.24) is 4.98 Å². The number of hydrogen-bond donors (Lipinski definition) is 1. The Balaban J connectivity index is 1.87. The highest BCUT2D eigenvalue weighted by molar-refractivity contribution is 9.10. The van der Waals surface area contributed by atoms with Gasteiger partial charge in [0, 0.05) is 15.1 Å². The Morgan fingerprint density at radius 1 is 1.16 bits per heavy atom. The lowest BCUT2D eigenvalue weighted by Gasteiger charge is -2.02. The topological polar surface area (TPSA) is 24.9 Å². The van der Waals surface area contributed by atoms with Crippen molar-refractivity contribution in [1.29, 1.82) is 0 Å². The fourth-order valence-corrected chi connectivity index (χ4v) is 3.38. The van der Waals surface area contributed by atoms with Gasteiger partial charge in [-0.1, -0.05) is 27.3 Å². The molecular weight excluding hydrogens is 340 g/mol. The first-order chi connectivity index (χ1) is 9.24. The highest BCUT2D eigenvalue weighted by atomic mass is 79.9. The molecule has 1 aromatic heterocycles. The van der Waals surface area contributed by atoms with Gasteiger partial charge in [-0.15, -0.1) is 11.8 Å². The van der Waals surface area contributed by atoms with Crippen molar-refractivity contribution < 1.29 is 0 Å². The Bertz CT molecular complexity index is 707. The summed E-state index contributed by atoms with van der Waals surface area (Å²) < 4.78 is 2.24. The summed E-state index contributed by atoms with van der Waals surface area (Å²) in [4.78, 5) is 5.85. The van der Waals surface area contributed by atoms with Crippen LogP contribution < -0.4 is 5.32 Å². The molecule has 0 unspecified atom stereocenters. The number of fused-ring (bicyclic) bond motifs is 1. The summed E-state index contributed by atoms with van der Waals surface area (Å²) >= 11 is 6.87. The van der Waals surface area contributed by atoms with Crippen LogP contribution in [0.5, 0.6) is 0 Å². The zero-order valence-electron chi connectivity index (χ0n) is 10.2. The van der Waals surface area contributed by atoms with Crippen LogP contribution in [0.1, 0.15) is 0 Å². The van der Waals surface area contributed by atoms with Crippen molar-refractivity contribution >= 4 is 60.1 Å². The minimum absolute atomic E-state index is 0.921. The molecule has 0 saturated heterocycles. The van der Waals surface area contributed by atoms with E-state index in [1.165, 1.54) is 9.60 Å². The largest absolute Gasteiger partial charge is 0.332 e. The summed E-state index contributed by atoms with van der Waals surface area (Å²) in [6.07, 6.45) is 2.08.